The molecule has 6 nitrogen and oxygen atoms in total. The molecular formula is C10H10BrN3O3. The van der Waals surface area contributed by atoms with Gasteiger partial charge in [-0.3, -0.25) is 0 Å². The van der Waals surface area contributed by atoms with Gasteiger partial charge in [0, 0.05) is 13.1 Å². The van der Waals surface area contributed by atoms with Gasteiger partial charge in [-0.15, -0.1) is 0 Å². The SMILES string of the molecule is O=C(O)NCCNc1nc2cccc(Br)c2o1. The van der Waals surface area contributed by atoms with Crippen molar-refractivity contribution >= 4 is 39.1 Å². The number of anilines is 1. The lowest BCUT2D eigenvalue weighted by Gasteiger charge is -2.00. The minimum atomic E-state index is -1.05. The Morgan fingerprint density at radius 2 is 2.29 bits per heavy atom. The number of hydrogen-bond acceptors (Lipinski definition) is 4. The molecule has 1 amide bonds. The van der Waals surface area contributed by atoms with Gasteiger partial charge in [-0.1, -0.05) is 6.07 Å². The molecule has 0 aliphatic heterocycles. The highest BCUT2D eigenvalue weighted by Crippen LogP contribution is 2.26. The fraction of sp³-hybridized carbons (Fsp3) is 0.200. The highest BCUT2D eigenvalue weighted by molar-refractivity contribution is 9.10. The molecule has 0 saturated heterocycles. The van der Waals surface area contributed by atoms with Crippen LogP contribution < -0.4 is 10.6 Å². The Morgan fingerprint density at radius 3 is 3.00 bits per heavy atom. The van der Waals surface area contributed by atoms with Crippen LogP contribution in [-0.2, 0) is 0 Å². The van der Waals surface area contributed by atoms with Crippen LogP contribution in [0.2, 0.25) is 0 Å². The maximum atomic E-state index is 10.2. The number of aromatic nitrogens is 1. The number of hydrogen-bond donors (Lipinski definition) is 3. The molecule has 0 unspecified atom stereocenters. The molecule has 0 fully saturated rings. The van der Waals surface area contributed by atoms with Gasteiger partial charge in [0.15, 0.2) is 5.58 Å². The molecule has 1 aromatic heterocycles. The molecule has 0 radical (unpaired) electrons. The van der Waals surface area contributed by atoms with E-state index in [0.29, 0.717) is 18.1 Å². The van der Waals surface area contributed by atoms with Crippen LogP contribution in [-0.4, -0.2) is 29.3 Å². The number of amides is 1. The smallest absolute Gasteiger partial charge is 0.404 e. The number of halogens is 1. The summed E-state index contributed by atoms with van der Waals surface area (Å²) in [6.07, 6.45) is -1.05. The van der Waals surface area contributed by atoms with Gasteiger partial charge < -0.3 is 20.2 Å². The van der Waals surface area contributed by atoms with Gasteiger partial charge in [0.2, 0.25) is 0 Å². The summed E-state index contributed by atoms with van der Waals surface area (Å²) < 4.78 is 6.29. The summed E-state index contributed by atoms with van der Waals surface area (Å²) in [5.41, 5.74) is 1.41. The van der Waals surface area contributed by atoms with E-state index in [0.717, 1.165) is 9.99 Å². The number of nitrogens with zero attached hydrogens (tertiary/aromatic N) is 1. The van der Waals surface area contributed by atoms with Crippen molar-refractivity contribution in [2.75, 3.05) is 18.4 Å². The number of para-hydroxylation sites is 1. The zero-order valence-corrected chi connectivity index (χ0v) is 10.3. The average molecular weight is 300 g/mol. The second-order valence-electron chi connectivity index (χ2n) is 3.27. The maximum Gasteiger partial charge on any atom is 0.404 e. The van der Waals surface area contributed by atoms with Crippen molar-refractivity contribution in [1.82, 2.24) is 10.3 Å². The predicted molar refractivity (Wildman–Crippen MR) is 66.2 cm³/mol. The number of oxazole rings is 1. The van der Waals surface area contributed by atoms with E-state index < -0.39 is 6.09 Å². The van der Waals surface area contributed by atoms with E-state index in [4.69, 9.17) is 9.52 Å². The van der Waals surface area contributed by atoms with Gasteiger partial charge in [-0.25, -0.2) is 4.79 Å². The third-order valence-electron chi connectivity index (χ3n) is 2.04. The molecule has 7 heteroatoms. The van der Waals surface area contributed by atoms with E-state index in [-0.39, 0.29) is 6.54 Å². The maximum absolute atomic E-state index is 10.2. The van der Waals surface area contributed by atoms with Crippen molar-refractivity contribution in [2.24, 2.45) is 0 Å². The molecule has 0 atom stereocenters. The molecule has 1 heterocycles. The standard InChI is InChI=1S/C10H10BrN3O3/c11-6-2-1-3-7-8(6)17-9(14-7)12-4-5-13-10(15)16/h1-3,13H,4-5H2,(H,12,14)(H,15,16). The lowest BCUT2D eigenvalue weighted by molar-refractivity contribution is 0.195. The Morgan fingerprint density at radius 1 is 1.47 bits per heavy atom. The Bertz CT molecular complexity index is 541. The topological polar surface area (TPSA) is 87.4 Å². The van der Waals surface area contributed by atoms with E-state index in [2.05, 4.69) is 31.5 Å². The molecule has 3 N–H and O–H groups in total. The molecule has 0 saturated carbocycles. The lowest BCUT2D eigenvalue weighted by atomic mass is 10.3. The van der Waals surface area contributed by atoms with Crippen molar-refractivity contribution < 1.29 is 14.3 Å². The van der Waals surface area contributed by atoms with Gasteiger partial charge in [0.1, 0.15) is 5.52 Å². The van der Waals surface area contributed by atoms with Crippen LogP contribution >= 0.6 is 15.9 Å². The number of fused-ring (bicyclic) bond motifs is 1. The highest BCUT2D eigenvalue weighted by atomic mass is 79.9. The Hall–Kier alpha value is -1.76. The van der Waals surface area contributed by atoms with Crippen molar-refractivity contribution in [3.63, 3.8) is 0 Å². The summed E-state index contributed by atoms with van der Waals surface area (Å²) in [7, 11) is 0. The fourth-order valence-corrected chi connectivity index (χ4v) is 1.77. The summed E-state index contributed by atoms with van der Waals surface area (Å²) >= 11 is 3.36. The Labute approximate surface area is 105 Å². The van der Waals surface area contributed by atoms with Crippen LogP contribution in [0, 0.1) is 0 Å². The number of nitrogens with one attached hydrogen (secondary N) is 2. The first-order chi connectivity index (χ1) is 8.16. The lowest BCUT2D eigenvalue weighted by Crippen LogP contribution is -2.26. The van der Waals surface area contributed by atoms with Gasteiger partial charge in [0.05, 0.1) is 4.47 Å². The molecule has 2 aromatic rings. The molecule has 17 heavy (non-hydrogen) atoms. The average Bonchev–Trinajstić information content (AvgIpc) is 2.69. The largest absolute Gasteiger partial charge is 0.465 e. The molecule has 0 aliphatic carbocycles. The second kappa shape index (κ2) is 5.05. The number of carboxylic acid groups (broad SMARTS) is 1. The third-order valence-corrected chi connectivity index (χ3v) is 2.67. The number of rotatable bonds is 4. The summed E-state index contributed by atoms with van der Waals surface area (Å²) in [6.45, 7) is 0.700. The minimum absolute atomic E-state index is 0.287. The number of carbonyl (C=O) groups is 1. The summed E-state index contributed by atoms with van der Waals surface area (Å²) in [5.74, 6) is 0. The highest BCUT2D eigenvalue weighted by Gasteiger charge is 2.07. The summed E-state index contributed by atoms with van der Waals surface area (Å²) in [4.78, 5) is 14.4. The molecule has 0 bridgehead atoms. The molecule has 0 aliphatic rings. The monoisotopic (exact) mass is 299 g/mol. The first kappa shape index (κ1) is 11.7. The van der Waals surface area contributed by atoms with E-state index in [1.165, 1.54) is 0 Å². The predicted octanol–water partition coefficient (Wildman–Crippen LogP) is 2.27. The molecular weight excluding hydrogens is 290 g/mol. The first-order valence-corrected chi connectivity index (χ1v) is 5.72. The second-order valence-corrected chi connectivity index (χ2v) is 4.12. The fourth-order valence-electron chi connectivity index (χ4n) is 1.33. The van der Waals surface area contributed by atoms with Crippen LogP contribution in [0.5, 0.6) is 0 Å². The first-order valence-electron chi connectivity index (χ1n) is 4.92. The number of benzene rings is 1. The van der Waals surface area contributed by atoms with Crippen molar-refractivity contribution in [2.45, 2.75) is 0 Å². The molecule has 2 rings (SSSR count). The van der Waals surface area contributed by atoms with Crippen LogP contribution in [0.25, 0.3) is 11.1 Å². The van der Waals surface area contributed by atoms with Crippen molar-refractivity contribution in [1.29, 1.82) is 0 Å². The van der Waals surface area contributed by atoms with Gasteiger partial charge in [-0.05, 0) is 28.1 Å². The Balaban J connectivity index is 2.00. The zero-order chi connectivity index (χ0) is 12.3. The van der Waals surface area contributed by atoms with E-state index >= 15 is 0 Å². The molecule has 1 aromatic carbocycles. The molecule has 90 valence electrons. The van der Waals surface area contributed by atoms with Crippen LogP contribution in [0.3, 0.4) is 0 Å². The van der Waals surface area contributed by atoms with Crippen molar-refractivity contribution in [3.05, 3.63) is 22.7 Å². The van der Waals surface area contributed by atoms with Crippen LogP contribution in [0.1, 0.15) is 0 Å². The molecule has 0 spiro atoms. The van der Waals surface area contributed by atoms with Gasteiger partial charge in [-0.2, -0.15) is 4.98 Å². The Kier molecular flexibility index (Phi) is 3.48. The zero-order valence-electron chi connectivity index (χ0n) is 8.74. The van der Waals surface area contributed by atoms with Gasteiger partial charge >= 0.3 is 6.09 Å². The van der Waals surface area contributed by atoms with E-state index in [1.54, 1.807) is 0 Å². The summed E-state index contributed by atoms with van der Waals surface area (Å²) in [5, 5.41) is 13.5. The summed E-state index contributed by atoms with van der Waals surface area (Å²) in [6, 6.07) is 5.94. The quantitative estimate of drug-likeness (QED) is 0.754. The van der Waals surface area contributed by atoms with Crippen LogP contribution in [0.4, 0.5) is 10.8 Å². The normalized spacial score (nSPS) is 10.4. The van der Waals surface area contributed by atoms with Crippen molar-refractivity contribution in [3.8, 4) is 0 Å². The van der Waals surface area contributed by atoms with Gasteiger partial charge in [0.25, 0.3) is 6.01 Å². The van der Waals surface area contributed by atoms with E-state index in [1.807, 2.05) is 18.2 Å². The minimum Gasteiger partial charge on any atom is -0.465 e. The third kappa shape index (κ3) is 2.88. The van der Waals surface area contributed by atoms with E-state index in [9.17, 15) is 4.79 Å². The van der Waals surface area contributed by atoms with Crippen LogP contribution in [0.15, 0.2) is 27.1 Å².